The highest BCUT2D eigenvalue weighted by molar-refractivity contribution is 5.94. The molecule has 0 saturated carbocycles. The summed E-state index contributed by atoms with van der Waals surface area (Å²) in [6, 6.07) is 14.9. The van der Waals surface area contributed by atoms with Crippen molar-refractivity contribution in [1.82, 2.24) is 4.98 Å². The topological polar surface area (TPSA) is 95.5 Å². The molecule has 25 heavy (non-hydrogen) atoms. The number of hydrogen-bond donors (Lipinski definition) is 0. The third-order valence-corrected chi connectivity index (χ3v) is 3.44. The number of esters is 1. The monoisotopic (exact) mass is 338 g/mol. The van der Waals surface area contributed by atoms with E-state index in [-0.39, 0.29) is 29.6 Å². The van der Waals surface area contributed by atoms with Gasteiger partial charge in [0, 0.05) is 23.3 Å². The van der Waals surface area contributed by atoms with Crippen molar-refractivity contribution in [1.29, 1.82) is 0 Å². The predicted octanol–water partition coefficient (Wildman–Crippen LogP) is 4.09. The van der Waals surface area contributed by atoms with E-state index in [2.05, 4.69) is 4.98 Å². The molecule has 0 amide bonds. The highest BCUT2D eigenvalue weighted by atomic mass is 16.6. The molecular formula is C18H14N2O5. The van der Waals surface area contributed by atoms with Gasteiger partial charge in [0.1, 0.15) is 5.69 Å². The number of nitro groups is 1. The second-order valence-corrected chi connectivity index (χ2v) is 5.09. The van der Waals surface area contributed by atoms with Gasteiger partial charge in [0.05, 0.1) is 11.5 Å². The molecule has 7 nitrogen and oxygen atoms in total. The van der Waals surface area contributed by atoms with Crippen molar-refractivity contribution >= 4 is 11.7 Å². The average molecular weight is 338 g/mol. The van der Waals surface area contributed by atoms with Crippen molar-refractivity contribution in [3.8, 4) is 22.7 Å². The van der Waals surface area contributed by atoms with Gasteiger partial charge in [-0.2, -0.15) is 0 Å². The summed E-state index contributed by atoms with van der Waals surface area (Å²) in [6.07, 6.45) is 0. The number of carbonyl (C=O) groups is 1. The molecule has 0 unspecified atom stereocenters. The van der Waals surface area contributed by atoms with Gasteiger partial charge >= 0.3 is 5.97 Å². The predicted molar refractivity (Wildman–Crippen MR) is 90.0 cm³/mol. The average Bonchev–Trinajstić information content (AvgIpc) is 3.08. The molecule has 7 heteroatoms. The van der Waals surface area contributed by atoms with Crippen molar-refractivity contribution in [3.05, 3.63) is 70.5 Å². The fourth-order valence-corrected chi connectivity index (χ4v) is 2.32. The van der Waals surface area contributed by atoms with Gasteiger partial charge in [-0.3, -0.25) is 10.1 Å². The van der Waals surface area contributed by atoms with Crippen molar-refractivity contribution in [2.45, 2.75) is 6.92 Å². The quantitative estimate of drug-likeness (QED) is 0.395. The maximum absolute atomic E-state index is 12.2. The third kappa shape index (κ3) is 3.40. The lowest BCUT2D eigenvalue weighted by molar-refractivity contribution is -0.384. The van der Waals surface area contributed by atoms with E-state index in [1.165, 1.54) is 18.2 Å². The van der Waals surface area contributed by atoms with E-state index in [1.807, 2.05) is 18.2 Å². The molecule has 126 valence electrons. The van der Waals surface area contributed by atoms with E-state index < -0.39 is 10.9 Å². The van der Waals surface area contributed by atoms with Crippen molar-refractivity contribution < 1.29 is 18.9 Å². The lowest BCUT2D eigenvalue weighted by Crippen LogP contribution is -2.05. The summed E-state index contributed by atoms with van der Waals surface area (Å²) in [7, 11) is 0. The first kappa shape index (κ1) is 16.4. The number of nitro benzene ring substituents is 1. The Morgan fingerprint density at radius 1 is 1.16 bits per heavy atom. The van der Waals surface area contributed by atoms with Crippen LogP contribution in [0.1, 0.15) is 17.5 Å². The maximum Gasteiger partial charge on any atom is 0.376 e. The second-order valence-electron chi connectivity index (χ2n) is 5.09. The van der Waals surface area contributed by atoms with Crippen LogP contribution in [0.2, 0.25) is 0 Å². The number of benzene rings is 2. The summed E-state index contributed by atoms with van der Waals surface area (Å²) in [5.41, 5.74) is 1.20. The molecular weight excluding hydrogens is 324 g/mol. The zero-order valence-electron chi connectivity index (χ0n) is 13.3. The second kappa shape index (κ2) is 6.96. The smallest absolute Gasteiger partial charge is 0.376 e. The first-order valence-electron chi connectivity index (χ1n) is 7.58. The summed E-state index contributed by atoms with van der Waals surface area (Å²) in [6.45, 7) is 1.86. The number of non-ortho nitro benzene ring substituents is 1. The number of nitrogens with zero attached hydrogens (tertiary/aromatic N) is 2. The zero-order valence-corrected chi connectivity index (χ0v) is 13.3. The molecule has 0 spiro atoms. The summed E-state index contributed by atoms with van der Waals surface area (Å²) < 4.78 is 10.6. The van der Waals surface area contributed by atoms with Gasteiger partial charge < -0.3 is 9.15 Å². The molecule has 3 aromatic rings. The largest absolute Gasteiger partial charge is 0.460 e. The molecule has 0 bridgehead atoms. The molecule has 2 aromatic carbocycles. The summed E-state index contributed by atoms with van der Waals surface area (Å²) >= 11 is 0. The van der Waals surface area contributed by atoms with Crippen LogP contribution in [0, 0.1) is 10.1 Å². The van der Waals surface area contributed by atoms with Gasteiger partial charge in [-0.25, -0.2) is 9.78 Å². The molecule has 3 rings (SSSR count). The van der Waals surface area contributed by atoms with Crippen LogP contribution in [-0.4, -0.2) is 22.5 Å². The summed E-state index contributed by atoms with van der Waals surface area (Å²) in [5.74, 6) is -0.509. The minimum Gasteiger partial charge on any atom is -0.460 e. The summed E-state index contributed by atoms with van der Waals surface area (Å²) in [4.78, 5) is 27.1. The first-order chi connectivity index (χ1) is 12.1. The standard InChI is InChI=1S/C18H14N2O5/c1-2-24-18(21)16-15(13-9-6-10-14(11-13)20(22)23)19-17(25-16)12-7-4-3-5-8-12/h3-11H,2H2,1H3. The van der Waals surface area contributed by atoms with E-state index in [1.54, 1.807) is 25.1 Å². The molecule has 0 atom stereocenters. The van der Waals surface area contributed by atoms with Crippen LogP contribution in [0.3, 0.4) is 0 Å². The zero-order chi connectivity index (χ0) is 17.8. The van der Waals surface area contributed by atoms with E-state index >= 15 is 0 Å². The number of oxazole rings is 1. The van der Waals surface area contributed by atoms with Gasteiger partial charge in [0.25, 0.3) is 5.69 Å². The summed E-state index contributed by atoms with van der Waals surface area (Å²) in [5, 5.41) is 11.0. The van der Waals surface area contributed by atoms with Crippen LogP contribution >= 0.6 is 0 Å². The van der Waals surface area contributed by atoms with Crippen LogP contribution in [0.25, 0.3) is 22.7 Å². The Balaban J connectivity index is 2.14. The van der Waals surface area contributed by atoms with E-state index in [0.717, 1.165) is 0 Å². The molecule has 0 fully saturated rings. The van der Waals surface area contributed by atoms with Crippen LogP contribution < -0.4 is 0 Å². The van der Waals surface area contributed by atoms with Gasteiger partial charge in [-0.05, 0) is 19.1 Å². The molecule has 0 aliphatic heterocycles. The Morgan fingerprint density at radius 3 is 2.56 bits per heavy atom. The fourth-order valence-electron chi connectivity index (χ4n) is 2.32. The van der Waals surface area contributed by atoms with E-state index in [0.29, 0.717) is 11.1 Å². The van der Waals surface area contributed by atoms with Gasteiger partial charge in [0.2, 0.25) is 11.7 Å². The number of ether oxygens (including phenoxy) is 1. The maximum atomic E-state index is 12.2. The highest BCUT2D eigenvalue weighted by Gasteiger charge is 2.24. The van der Waals surface area contributed by atoms with Crippen LogP contribution in [-0.2, 0) is 4.74 Å². The normalized spacial score (nSPS) is 10.4. The highest BCUT2D eigenvalue weighted by Crippen LogP contribution is 2.31. The van der Waals surface area contributed by atoms with Gasteiger partial charge in [-0.1, -0.05) is 30.3 Å². The lowest BCUT2D eigenvalue weighted by atomic mass is 10.1. The minimum absolute atomic E-state index is 0.0822. The Bertz CT molecular complexity index is 918. The number of carbonyl (C=O) groups excluding carboxylic acids is 1. The van der Waals surface area contributed by atoms with Crippen LogP contribution in [0.5, 0.6) is 0 Å². The Morgan fingerprint density at radius 2 is 1.88 bits per heavy atom. The third-order valence-electron chi connectivity index (χ3n) is 3.44. The Hall–Kier alpha value is -3.48. The molecule has 0 N–H and O–H groups in total. The van der Waals surface area contributed by atoms with Crippen LogP contribution in [0.15, 0.2) is 59.0 Å². The Labute approximate surface area is 143 Å². The van der Waals surface area contributed by atoms with Crippen molar-refractivity contribution in [2.75, 3.05) is 6.61 Å². The Kier molecular flexibility index (Phi) is 4.56. The molecule has 0 saturated heterocycles. The van der Waals surface area contributed by atoms with E-state index in [4.69, 9.17) is 9.15 Å². The van der Waals surface area contributed by atoms with Crippen molar-refractivity contribution in [3.63, 3.8) is 0 Å². The minimum atomic E-state index is -0.668. The number of hydrogen-bond acceptors (Lipinski definition) is 6. The molecule has 1 aromatic heterocycles. The first-order valence-corrected chi connectivity index (χ1v) is 7.58. The van der Waals surface area contributed by atoms with Crippen molar-refractivity contribution in [2.24, 2.45) is 0 Å². The number of aromatic nitrogens is 1. The molecule has 0 radical (unpaired) electrons. The lowest BCUT2D eigenvalue weighted by Gasteiger charge is -2.01. The SMILES string of the molecule is CCOC(=O)c1oc(-c2ccccc2)nc1-c1cccc([N+](=O)[O-])c1. The van der Waals surface area contributed by atoms with E-state index in [9.17, 15) is 14.9 Å². The van der Waals surface area contributed by atoms with Gasteiger partial charge in [-0.15, -0.1) is 0 Å². The molecule has 0 aliphatic rings. The van der Waals surface area contributed by atoms with Gasteiger partial charge in [0.15, 0.2) is 0 Å². The van der Waals surface area contributed by atoms with Crippen LogP contribution in [0.4, 0.5) is 5.69 Å². The fraction of sp³-hybridized carbons (Fsp3) is 0.111. The number of rotatable bonds is 5. The molecule has 1 heterocycles. The molecule has 0 aliphatic carbocycles.